The largest absolute Gasteiger partial charge is 0.488 e. The van der Waals surface area contributed by atoms with Crippen LogP contribution in [0.15, 0.2) is 59.7 Å². The Balaban J connectivity index is 1.70. The molecule has 3 rings (SSSR count). The average Bonchev–Trinajstić information content (AvgIpc) is 2.69. The molecule has 0 saturated heterocycles. The van der Waals surface area contributed by atoms with Crippen molar-refractivity contribution in [1.82, 2.24) is 4.98 Å². The number of benzene rings is 1. The standard InChI is InChI=1S/C21H24N4O2S/c1-3-4-11-27-17-8-9-18(23-14-17)19(26)24-16-7-5-6-15(13-16)21(2)10-12-28-20(22)25-21/h3-9,13-14H,10-12H2,1-2H3,(H2,22,25)(H,24,26)/b4-3+/t21-/m0/s1. The van der Waals surface area contributed by atoms with Gasteiger partial charge in [-0.15, -0.1) is 0 Å². The molecule has 6 nitrogen and oxygen atoms in total. The van der Waals surface area contributed by atoms with Gasteiger partial charge >= 0.3 is 0 Å². The van der Waals surface area contributed by atoms with Crippen LogP contribution in [-0.2, 0) is 5.54 Å². The highest BCUT2D eigenvalue weighted by atomic mass is 32.2. The molecule has 0 saturated carbocycles. The van der Waals surface area contributed by atoms with Crippen LogP contribution in [0.5, 0.6) is 5.75 Å². The molecule has 7 heteroatoms. The number of nitrogens with one attached hydrogen (secondary N) is 1. The molecule has 1 aliphatic rings. The molecule has 0 aliphatic carbocycles. The molecule has 2 heterocycles. The van der Waals surface area contributed by atoms with Crippen molar-refractivity contribution in [3.05, 3.63) is 66.0 Å². The highest BCUT2D eigenvalue weighted by molar-refractivity contribution is 8.13. The van der Waals surface area contributed by atoms with Gasteiger partial charge in [0.25, 0.3) is 5.91 Å². The van der Waals surface area contributed by atoms with Crippen molar-refractivity contribution in [3.8, 4) is 5.75 Å². The summed E-state index contributed by atoms with van der Waals surface area (Å²) in [6.45, 7) is 4.47. The number of thioether (sulfide) groups is 1. The highest BCUT2D eigenvalue weighted by Crippen LogP contribution is 2.35. The topological polar surface area (TPSA) is 89.6 Å². The van der Waals surface area contributed by atoms with Crippen LogP contribution in [0.3, 0.4) is 0 Å². The number of amides is 1. The Morgan fingerprint density at radius 1 is 1.39 bits per heavy atom. The molecule has 146 valence electrons. The van der Waals surface area contributed by atoms with E-state index < -0.39 is 0 Å². The molecule has 28 heavy (non-hydrogen) atoms. The minimum atomic E-state index is -0.375. The maximum absolute atomic E-state index is 12.5. The predicted molar refractivity (Wildman–Crippen MR) is 115 cm³/mol. The van der Waals surface area contributed by atoms with E-state index in [9.17, 15) is 4.79 Å². The molecule has 0 bridgehead atoms. The lowest BCUT2D eigenvalue weighted by molar-refractivity contribution is 0.102. The number of pyridine rings is 1. The zero-order chi connectivity index (χ0) is 20.0. The SMILES string of the molecule is C/C=C/COc1ccc(C(=O)Nc2cccc([C@]3(C)CCSC(N)=N3)c2)nc1. The van der Waals surface area contributed by atoms with Crippen LogP contribution in [0.25, 0.3) is 0 Å². The van der Waals surface area contributed by atoms with E-state index >= 15 is 0 Å². The number of aliphatic imine (C=N–C) groups is 1. The first kappa shape index (κ1) is 19.9. The second kappa shape index (κ2) is 8.93. The number of aromatic nitrogens is 1. The van der Waals surface area contributed by atoms with Crippen molar-refractivity contribution in [2.75, 3.05) is 17.7 Å². The molecule has 0 fully saturated rings. The van der Waals surface area contributed by atoms with E-state index in [1.165, 1.54) is 0 Å². The molecule has 0 unspecified atom stereocenters. The Hall–Kier alpha value is -2.80. The fourth-order valence-electron chi connectivity index (χ4n) is 2.86. The number of hydrogen-bond acceptors (Lipinski definition) is 6. The second-order valence-electron chi connectivity index (χ2n) is 6.62. The number of nitrogens with two attached hydrogens (primary N) is 1. The monoisotopic (exact) mass is 396 g/mol. The molecule has 1 atom stereocenters. The number of rotatable bonds is 6. The molecular weight excluding hydrogens is 372 g/mol. The summed E-state index contributed by atoms with van der Waals surface area (Å²) in [4.78, 5) is 21.3. The number of ether oxygens (including phenoxy) is 1. The van der Waals surface area contributed by atoms with Gasteiger partial charge in [-0.05, 0) is 50.1 Å². The summed E-state index contributed by atoms with van der Waals surface area (Å²) in [5.74, 6) is 1.27. The maximum atomic E-state index is 12.5. The lowest BCUT2D eigenvalue weighted by atomic mass is 9.89. The fourth-order valence-corrected chi connectivity index (χ4v) is 3.84. The van der Waals surface area contributed by atoms with E-state index in [2.05, 4.69) is 22.2 Å². The minimum absolute atomic E-state index is 0.274. The summed E-state index contributed by atoms with van der Waals surface area (Å²) in [5.41, 5.74) is 7.59. The van der Waals surface area contributed by atoms with Gasteiger partial charge in [-0.1, -0.05) is 36.0 Å². The highest BCUT2D eigenvalue weighted by Gasteiger charge is 2.29. The second-order valence-corrected chi connectivity index (χ2v) is 7.73. The Morgan fingerprint density at radius 3 is 2.96 bits per heavy atom. The summed E-state index contributed by atoms with van der Waals surface area (Å²) < 4.78 is 5.50. The van der Waals surface area contributed by atoms with Gasteiger partial charge in [-0.2, -0.15) is 0 Å². The number of nitrogens with zero attached hydrogens (tertiary/aromatic N) is 2. The summed E-state index contributed by atoms with van der Waals surface area (Å²) in [6, 6.07) is 11.1. The fraction of sp³-hybridized carbons (Fsp3) is 0.286. The lowest BCUT2D eigenvalue weighted by Gasteiger charge is -2.30. The lowest BCUT2D eigenvalue weighted by Crippen LogP contribution is -2.28. The maximum Gasteiger partial charge on any atom is 0.274 e. The van der Waals surface area contributed by atoms with Gasteiger partial charge in [0.2, 0.25) is 0 Å². The van der Waals surface area contributed by atoms with E-state index in [0.717, 1.165) is 17.7 Å². The van der Waals surface area contributed by atoms with Gasteiger partial charge in [0.05, 0.1) is 11.7 Å². The third-order valence-corrected chi connectivity index (χ3v) is 5.28. The average molecular weight is 397 g/mol. The first-order chi connectivity index (χ1) is 13.5. The molecule has 1 aliphatic heterocycles. The quantitative estimate of drug-likeness (QED) is 0.722. The number of carbonyl (C=O) groups is 1. The van der Waals surface area contributed by atoms with Crippen LogP contribution in [0.4, 0.5) is 5.69 Å². The number of allylic oxidation sites excluding steroid dienone is 1. The van der Waals surface area contributed by atoms with Crippen LogP contribution in [0, 0.1) is 0 Å². The number of anilines is 1. The van der Waals surface area contributed by atoms with E-state index in [1.54, 1.807) is 30.1 Å². The van der Waals surface area contributed by atoms with Crippen molar-refractivity contribution >= 4 is 28.5 Å². The van der Waals surface area contributed by atoms with E-state index in [4.69, 9.17) is 10.5 Å². The summed E-state index contributed by atoms with van der Waals surface area (Å²) in [5, 5.41) is 3.50. The van der Waals surface area contributed by atoms with Crippen LogP contribution >= 0.6 is 11.8 Å². The van der Waals surface area contributed by atoms with Gasteiger partial charge in [-0.3, -0.25) is 9.79 Å². The molecule has 3 N–H and O–H groups in total. The van der Waals surface area contributed by atoms with Crippen molar-refractivity contribution in [3.63, 3.8) is 0 Å². The zero-order valence-corrected chi connectivity index (χ0v) is 16.8. The molecule has 1 aromatic heterocycles. The van der Waals surface area contributed by atoms with E-state index in [-0.39, 0.29) is 11.4 Å². The molecule has 1 aromatic carbocycles. The van der Waals surface area contributed by atoms with Crippen LogP contribution in [0.1, 0.15) is 36.3 Å². The molecule has 1 amide bonds. The van der Waals surface area contributed by atoms with Crippen molar-refractivity contribution < 1.29 is 9.53 Å². The van der Waals surface area contributed by atoms with Crippen molar-refractivity contribution in [2.24, 2.45) is 10.7 Å². The minimum Gasteiger partial charge on any atom is -0.488 e. The summed E-state index contributed by atoms with van der Waals surface area (Å²) >= 11 is 1.57. The third kappa shape index (κ3) is 4.92. The van der Waals surface area contributed by atoms with Gasteiger partial charge in [0.1, 0.15) is 18.1 Å². The van der Waals surface area contributed by atoms with Crippen LogP contribution in [-0.4, -0.2) is 28.4 Å². The smallest absolute Gasteiger partial charge is 0.274 e. The van der Waals surface area contributed by atoms with Crippen molar-refractivity contribution in [2.45, 2.75) is 25.8 Å². The number of hydrogen-bond donors (Lipinski definition) is 2. The van der Waals surface area contributed by atoms with Gasteiger partial charge < -0.3 is 15.8 Å². The van der Waals surface area contributed by atoms with E-state index in [0.29, 0.717) is 28.9 Å². The van der Waals surface area contributed by atoms with E-state index in [1.807, 2.05) is 43.3 Å². The Bertz CT molecular complexity index is 896. The normalized spacial score (nSPS) is 19.3. The molecule has 0 radical (unpaired) electrons. The summed E-state index contributed by atoms with van der Waals surface area (Å²) in [6.07, 6.45) is 6.26. The predicted octanol–water partition coefficient (Wildman–Crippen LogP) is 3.96. The first-order valence-corrected chi connectivity index (χ1v) is 10.1. The number of amidine groups is 1. The van der Waals surface area contributed by atoms with Gasteiger partial charge in [-0.25, -0.2) is 4.98 Å². The molecule has 0 spiro atoms. The number of carbonyl (C=O) groups excluding carboxylic acids is 1. The van der Waals surface area contributed by atoms with Gasteiger partial charge in [0.15, 0.2) is 5.17 Å². The summed E-state index contributed by atoms with van der Waals surface area (Å²) in [7, 11) is 0. The molecule has 2 aromatic rings. The Labute approximate surface area is 169 Å². The Morgan fingerprint density at radius 2 is 2.25 bits per heavy atom. The van der Waals surface area contributed by atoms with Crippen LogP contribution < -0.4 is 15.8 Å². The first-order valence-electron chi connectivity index (χ1n) is 9.10. The Kier molecular flexibility index (Phi) is 6.36. The van der Waals surface area contributed by atoms with Crippen LogP contribution in [0.2, 0.25) is 0 Å². The van der Waals surface area contributed by atoms with Gasteiger partial charge in [0, 0.05) is 11.4 Å². The molecular formula is C21H24N4O2S. The van der Waals surface area contributed by atoms with Crippen molar-refractivity contribution in [1.29, 1.82) is 0 Å². The zero-order valence-electron chi connectivity index (χ0n) is 16.0. The third-order valence-electron chi connectivity index (χ3n) is 4.49.